The summed E-state index contributed by atoms with van der Waals surface area (Å²) in [5.74, 6) is -0.957. The number of amides is 2. The summed E-state index contributed by atoms with van der Waals surface area (Å²) in [6.45, 7) is 5.80. The molecule has 0 aliphatic heterocycles. The minimum absolute atomic E-state index is 0.163. The summed E-state index contributed by atoms with van der Waals surface area (Å²) in [4.78, 5) is 26.0. The molecule has 2 amide bonds. The quantitative estimate of drug-likeness (QED) is 0.777. The highest BCUT2D eigenvalue weighted by atomic mass is 16.4. The van der Waals surface area contributed by atoms with Crippen LogP contribution in [0.25, 0.3) is 0 Å². The summed E-state index contributed by atoms with van der Waals surface area (Å²) in [6, 6.07) is -0.816. The van der Waals surface area contributed by atoms with Crippen molar-refractivity contribution in [3.05, 3.63) is 0 Å². The molecule has 100 valence electrons. The van der Waals surface area contributed by atoms with Crippen LogP contribution >= 0.6 is 0 Å². The van der Waals surface area contributed by atoms with E-state index >= 15 is 0 Å². The monoisotopic (exact) mass is 244 g/mol. The third-order valence-corrected chi connectivity index (χ3v) is 3.23. The van der Waals surface area contributed by atoms with Gasteiger partial charge in [0.15, 0.2) is 0 Å². The molecule has 17 heavy (non-hydrogen) atoms. The molecule has 0 saturated heterocycles. The molecule has 1 N–H and O–H groups in total. The highest BCUT2D eigenvalue weighted by Crippen LogP contribution is 2.11. The first-order chi connectivity index (χ1) is 7.90. The lowest BCUT2D eigenvalue weighted by atomic mass is 10.1. The van der Waals surface area contributed by atoms with Crippen LogP contribution in [-0.2, 0) is 4.79 Å². The average Bonchev–Trinajstić information content (AvgIpc) is 2.29. The van der Waals surface area contributed by atoms with E-state index in [1.165, 1.54) is 4.90 Å². The molecule has 0 radical (unpaired) electrons. The number of carbonyl (C=O) groups is 2. The van der Waals surface area contributed by atoms with E-state index in [1.54, 1.807) is 25.9 Å². The molecule has 1 atom stereocenters. The van der Waals surface area contributed by atoms with Crippen molar-refractivity contribution in [2.24, 2.45) is 0 Å². The van der Waals surface area contributed by atoms with Gasteiger partial charge in [0, 0.05) is 20.1 Å². The Hall–Kier alpha value is -1.26. The predicted octanol–water partition coefficient (Wildman–Crippen LogP) is 2.02. The minimum Gasteiger partial charge on any atom is -0.480 e. The van der Waals surface area contributed by atoms with Gasteiger partial charge in [-0.05, 0) is 19.3 Å². The summed E-state index contributed by atoms with van der Waals surface area (Å²) in [5, 5.41) is 9.01. The molecule has 0 aliphatic rings. The number of carbonyl (C=O) groups excluding carboxylic acids is 1. The van der Waals surface area contributed by atoms with Gasteiger partial charge < -0.3 is 14.9 Å². The fraction of sp³-hybridized carbons (Fsp3) is 0.833. The topological polar surface area (TPSA) is 60.9 Å². The van der Waals surface area contributed by atoms with Crippen LogP contribution in [0.3, 0.4) is 0 Å². The zero-order valence-corrected chi connectivity index (χ0v) is 11.4. The largest absolute Gasteiger partial charge is 0.480 e. The van der Waals surface area contributed by atoms with Gasteiger partial charge in [-0.15, -0.1) is 0 Å². The van der Waals surface area contributed by atoms with Crippen molar-refractivity contribution < 1.29 is 14.7 Å². The Bertz CT molecular complexity index is 264. The summed E-state index contributed by atoms with van der Waals surface area (Å²) in [6.07, 6.45) is 2.15. The maximum absolute atomic E-state index is 12.1. The molecule has 0 fully saturated rings. The lowest BCUT2D eigenvalue weighted by molar-refractivity contribution is -0.142. The minimum atomic E-state index is -0.957. The summed E-state index contributed by atoms with van der Waals surface area (Å²) in [7, 11) is 3.27. The third kappa shape index (κ3) is 3.91. The van der Waals surface area contributed by atoms with Crippen molar-refractivity contribution in [1.82, 2.24) is 9.80 Å². The lowest BCUT2D eigenvalue weighted by Gasteiger charge is -2.33. The molecule has 1 unspecified atom stereocenters. The molecule has 0 aromatic heterocycles. The van der Waals surface area contributed by atoms with Gasteiger partial charge in [-0.25, -0.2) is 9.59 Å². The highest BCUT2D eigenvalue weighted by Gasteiger charge is 2.28. The number of urea groups is 1. The number of rotatable bonds is 6. The van der Waals surface area contributed by atoms with Crippen molar-refractivity contribution in [1.29, 1.82) is 0 Å². The van der Waals surface area contributed by atoms with Crippen molar-refractivity contribution in [3.63, 3.8) is 0 Å². The number of carboxylic acids is 1. The lowest BCUT2D eigenvalue weighted by Crippen LogP contribution is -2.50. The van der Waals surface area contributed by atoms with Crippen molar-refractivity contribution in [2.45, 2.75) is 52.1 Å². The van der Waals surface area contributed by atoms with Gasteiger partial charge in [0.1, 0.15) is 6.04 Å². The number of carboxylic acid groups (broad SMARTS) is 1. The Labute approximate surface area is 103 Å². The zero-order chi connectivity index (χ0) is 13.6. The molecule has 0 aromatic carbocycles. The van der Waals surface area contributed by atoms with Crippen LogP contribution in [0.15, 0.2) is 0 Å². The summed E-state index contributed by atoms with van der Waals surface area (Å²) >= 11 is 0. The smallest absolute Gasteiger partial charge is 0.326 e. The van der Waals surface area contributed by atoms with Gasteiger partial charge in [-0.2, -0.15) is 0 Å². The van der Waals surface area contributed by atoms with Gasteiger partial charge in [-0.3, -0.25) is 0 Å². The molecule has 0 heterocycles. The number of nitrogens with zero attached hydrogens (tertiary/aromatic N) is 2. The second-order valence-corrected chi connectivity index (χ2v) is 4.24. The molecule has 0 spiro atoms. The van der Waals surface area contributed by atoms with Crippen molar-refractivity contribution in [2.75, 3.05) is 14.1 Å². The van der Waals surface area contributed by atoms with E-state index < -0.39 is 12.0 Å². The molecule has 0 aliphatic carbocycles. The Kier molecular flexibility index (Phi) is 6.61. The fourth-order valence-electron chi connectivity index (χ4n) is 1.99. The van der Waals surface area contributed by atoms with E-state index in [4.69, 9.17) is 5.11 Å². The van der Waals surface area contributed by atoms with Crippen molar-refractivity contribution in [3.8, 4) is 0 Å². The number of likely N-dealkylation sites (N-methyl/N-ethyl adjacent to an activating group) is 1. The Morgan fingerprint density at radius 3 is 1.76 bits per heavy atom. The first kappa shape index (κ1) is 15.7. The number of hydrogen-bond acceptors (Lipinski definition) is 2. The van der Waals surface area contributed by atoms with Gasteiger partial charge >= 0.3 is 12.0 Å². The zero-order valence-electron chi connectivity index (χ0n) is 11.4. The number of hydrogen-bond donors (Lipinski definition) is 1. The SMILES string of the molecule is CCC(CC)N(C)C(=O)N(C)C(CC)C(=O)O. The van der Waals surface area contributed by atoms with Gasteiger partial charge in [0.05, 0.1) is 0 Å². The van der Waals surface area contributed by atoms with Crippen LogP contribution in [-0.4, -0.2) is 53.1 Å². The molecular formula is C12H24N2O3. The maximum atomic E-state index is 12.1. The predicted molar refractivity (Wildman–Crippen MR) is 67.0 cm³/mol. The first-order valence-electron chi connectivity index (χ1n) is 6.12. The van der Waals surface area contributed by atoms with Crippen LogP contribution in [0, 0.1) is 0 Å². The molecule has 5 heteroatoms. The van der Waals surface area contributed by atoms with Crippen LogP contribution in [0.5, 0.6) is 0 Å². The normalized spacial score (nSPS) is 12.4. The number of aliphatic carboxylic acids is 1. The standard InChI is InChI=1S/C12H24N2O3/c1-6-9(7-2)13(4)12(17)14(5)10(8-3)11(15)16/h9-10H,6-8H2,1-5H3,(H,15,16). The van der Waals surface area contributed by atoms with Gasteiger partial charge in [0.25, 0.3) is 0 Å². The van der Waals surface area contributed by atoms with Crippen LogP contribution in [0.2, 0.25) is 0 Å². The van der Waals surface area contributed by atoms with E-state index in [9.17, 15) is 9.59 Å². The second-order valence-electron chi connectivity index (χ2n) is 4.24. The maximum Gasteiger partial charge on any atom is 0.326 e. The molecular weight excluding hydrogens is 220 g/mol. The van der Waals surface area contributed by atoms with Crippen LogP contribution in [0.4, 0.5) is 4.79 Å². The second kappa shape index (κ2) is 7.14. The molecule has 5 nitrogen and oxygen atoms in total. The van der Waals surface area contributed by atoms with E-state index in [2.05, 4.69) is 0 Å². The molecule has 0 bridgehead atoms. The van der Waals surface area contributed by atoms with Gasteiger partial charge in [0.2, 0.25) is 0 Å². The van der Waals surface area contributed by atoms with Crippen LogP contribution < -0.4 is 0 Å². The molecule has 0 rings (SSSR count). The Balaban J connectivity index is 4.73. The molecule has 0 aromatic rings. The van der Waals surface area contributed by atoms with Crippen LogP contribution in [0.1, 0.15) is 40.0 Å². The van der Waals surface area contributed by atoms with Gasteiger partial charge in [-0.1, -0.05) is 20.8 Å². The fourth-order valence-corrected chi connectivity index (χ4v) is 1.99. The van der Waals surface area contributed by atoms with E-state index in [-0.39, 0.29) is 12.1 Å². The average molecular weight is 244 g/mol. The van der Waals surface area contributed by atoms with Crippen molar-refractivity contribution >= 4 is 12.0 Å². The summed E-state index contributed by atoms with van der Waals surface area (Å²) in [5.41, 5.74) is 0. The molecule has 0 saturated carbocycles. The highest BCUT2D eigenvalue weighted by molar-refractivity contribution is 5.82. The first-order valence-corrected chi connectivity index (χ1v) is 6.12. The Morgan fingerprint density at radius 1 is 1.00 bits per heavy atom. The Morgan fingerprint density at radius 2 is 1.47 bits per heavy atom. The van der Waals surface area contributed by atoms with E-state index in [0.717, 1.165) is 12.8 Å². The summed E-state index contributed by atoms with van der Waals surface area (Å²) < 4.78 is 0. The third-order valence-electron chi connectivity index (χ3n) is 3.23. The van der Waals surface area contributed by atoms with E-state index in [1.807, 2.05) is 13.8 Å². The van der Waals surface area contributed by atoms with E-state index in [0.29, 0.717) is 6.42 Å².